The maximum Gasteiger partial charge on any atom is 0.417 e. The SMILES string of the molecule is CS(=O)(=O)N1CC[C@H](Oc2ccc(-c3c(C(F)(F)F)ccc4c3CC[C@H]4Oc3ccc4c(c3)OC[C@H]4CC(=O)O)cc2)C1. The van der Waals surface area contributed by atoms with Gasteiger partial charge in [-0.2, -0.15) is 17.5 Å². The first-order valence-electron chi connectivity index (χ1n) is 14.0. The molecule has 3 atom stereocenters. The zero-order valence-electron chi connectivity index (χ0n) is 23.3. The van der Waals surface area contributed by atoms with Gasteiger partial charge in [0, 0.05) is 24.1 Å². The van der Waals surface area contributed by atoms with Gasteiger partial charge in [0.2, 0.25) is 10.0 Å². The lowest BCUT2D eigenvalue weighted by Gasteiger charge is -2.20. The summed E-state index contributed by atoms with van der Waals surface area (Å²) in [5.74, 6) is 0.358. The van der Waals surface area contributed by atoms with Crippen molar-refractivity contribution >= 4 is 16.0 Å². The van der Waals surface area contributed by atoms with Gasteiger partial charge in [0.25, 0.3) is 0 Å². The third-order valence-electron chi connectivity index (χ3n) is 8.24. The molecule has 1 fully saturated rings. The summed E-state index contributed by atoms with van der Waals surface area (Å²) in [5, 5.41) is 9.14. The minimum Gasteiger partial charge on any atom is -0.492 e. The maximum atomic E-state index is 14.2. The number of ether oxygens (including phenoxy) is 3. The van der Waals surface area contributed by atoms with Gasteiger partial charge in [-0.25, -0.2) is 8.42 Å². The van der Waals surface area contributed by atoms with Crippen LogP contribution in [0.4, 0.5) is 13.2 Å². The number of halogens is 3. The number of carboxylic acid groups (broad SMARTS) is 1. The van der Waals surface area contributed by atoms with Crippen molar-refractivity contribution < 1.29 is 45.7 Å². The molecule has 228 valence electrons. The number of carbonyl (C=O) groups is 1. The number of nitrogens with zero attached hydrogens (tertiary/aromatic N) is 1. The van der Waals surface area contributed by atoms with Crippen LogP contribution in [-0.4, -0.2) is 55.9 Å². The summed E-state index contributed by atoms with van der Waals surface area (Å²) >= 11 is 0. The molecular weight excluding hydrogens is 587 g/mol. The molecule has 1 N–H and O–H groups in total. The van der Waals surface area contributed by atoms with Crippen molar-refractivity contribution in [3.05, 3.63) is 76.9 Å². The predicted octanol–water partition coefficient (Wildman–Crippen LogP) is 5.80. The number of aliphatic carboxylic acids is 1. The Morgan fingerprint density at radius 1 is 1.02 bits per heavy atom. The molecule has 0 bridgehead atoms. The summed E-state index contributed by atoms with van der Waals surface area (Å²) in [6.07, 6.45) is -2.85. The second-order valence-electron chi connectivity index (χ2n) is 11.2. The minimum absolute atomic E-state index is 0.0387. The van der Waals surface area contributed by atoms with E-state index in [1.165, 1.54) is 10.4 Å². The average molecular weight is 618 g/mol. The molecule has 8 nitrogen and oxygen atoms in total. The fraction of sp³-hybridized carbons (Fsp3) is 0.387. The Hall–Kier alpha value is -3.77. The van der Waals surface area contributed by atoms with Crippen LogP contribution in [0.15, 0.2) is 54.6 Å². The predicted molar refractivity (Wildman–Crippen MR) is 151 cm³/mol. The van der Waals surface area contributed by atoms with Crippen LogP contribution in [-0.2, 0) is 27.4 Å². The van der Waals surface area contributed by atoms with E-state index in [0.717, 1.165) is 17.9 Å². The van der Waals surface area contributed by atoms with E-state index in [0.29, 0.717) is 59.7 Å². The van der Waals surface area contributed by atoms with Crippen molar-refractivity contribution in [2.45, 2.75) is 50.0 Å². The molecular formula is C31H30F3NO7S. The van der Waals surface area contributed by atoms with Crippen LogP contribution in [0.1, 0.15) is 53.5 Å². The number of sulfonamides is 1. The smallest absolute Gasteiger partial charge is 0.417 e. The van der Waals surface area contributed by atoms with Crippen molar-refractivity contribution in [1.82, 2.24) is 4.31 Å². The van der Waals surface area contributed by atoms with E-state index in [-0.39, 0.29) is 37.2 Å². The molecule has 3 aromatic carbocycles. The monoisotopic (exact) mass is 617 g/mol. The summed E-state index contributed by atoms with van der Waals surface area (Å²) in [6, 6.07) is 14.2. The van der Waals surface area contributed by atoms with Crippen LogP contribution in [0.5, 0.6) is 17.2 Å². The first-order valence-corrected chi connectivity index (χ1v) is 15.8. The Labute approximate surface area is 247 Å². The molecule has 0 amide bonds. The van der Waals surface area contributed by atoms with Crippen LogP contribution < -0.4 is 14.2 Å². The molecule has 1 saturated heterocycles. The number of fused-ring (bicyclic) bond motifs is 2. The van der Waals surface area contributed by atoms with Gasteiger partial charge in [-0.05, 0) is 65.8 Å². The second-order valence-corrected chi connectivity index (χ2v) is 13.2. The largest absolute Gasteiger partial charge is 0.492 e. The molecule has 0 radical (unpaired) electrons. The van der Waals surface area contributed by atoms with E-state index in [2.05, 4.69) is 0 Å². The quantitative estimate of drug-likeness (QED) is 0.341. The maximum absolute atomic E-state index is 14.2. The normalized spacial score (nSPS) is 21.7. The van der Waals surface area contributed by atoms with Crippen molar-refractivity contribution in [3.8, 4) is 28.4 Å². The first-order chi connectivity index (χ1) is 20.4. The standard InChI is InChI=1S/C31H30F3NO7S/c1-43(38,39)35-13-12-22(16-35)41-20-4-2-18(3-5-20)30-25-9-11-27(24(25)8-10-26(30)31(32,33)34)42-21-6-7-23-19(14-29(36)37)17-40-28(23)15-21/h2-8,10,15,19,22,27H,9,11-14,16-17H2,1H3,(H,36,37)/t19-,22+,27-/m1/s1. The summed E-state index contributed by atoms with van der Waals surface area (Å²) in [5.41, 5.74) is 1.84. The molecule has 2 heterocycles. The first kappa shape index (κ1) is 29.3. The Morgan fingerprint density at radius 2 is 1.74 bits per heavy atom. The topological polar surface area (TPSA) is 102 Å². The number of carboxylic acids is 1. The highest BCUT2D eigenvalue weighted by molar-refractivity contribution is 7.88. The van der Waals surface area contributed by atoms with Gasteiger partial charge in [-0.3, -0.25) is 4.79 Å². The van der Waals surface area contributed by atoms with Gasteiger partial charge in [0.1, 0.15) is 29.5 Å². The molecule has 0 saturated carbocycles. The molecule has 0 spiro atoms. The highest BCUT2D eigenvalue weighted by Gasteiger charge is 2.38. The Kier molecular flexibility index (Phi) is 7.54. The lowest BCUT2D eigenvalue weighted by molar-refractivity contribution is -0.138. The van der Waals surface area contributed by atoms with Crippen LogP contribution in [0.25, 0.3) is 11.1 Å². The molecule has 0 aromatic heterocycles. The second kappa shape index (κ2) is 11.1. The molecule has 3 aliphatic rings. The van der Waals surface area contributed by atoms with Gasteiger partial charge in [0.15, 0.2) is 0 Å². The van der Waals surface area contributed by atoms with Crippen LogP contribution in [0.3, 0.4) is 0 Å². The minimum atomic E-state index is -4.57. The van der Waals surface area contributed by atoms with E-state index in [1.807, 2.05) is 0 Å². The summed E-state index contributed by atoms with van der Waals surface area (Å²) < 4.78 is 85.4. The Bertz CT molecular complexity index is 1660. The van der Waals surface area contributed by atoms with Crippen molar-refractivity contribution in [2.24, 2.45) is 0 Å². The molecule has 1 aliphatic carbocycles. The van der Waals surface area contributed by atoms with Crippen molar-refractivity contribution in [3.63, 3.8) is 0 Å². The zero-order valence-corrected chi connectivity index (χ0v) is 24.1. The number of hydrogen-bond acceptors (Lipinski definition) is 6. The van der Waals surface area contributed by atoms with Gasteiger partial charge >= 0.3 is 12.1 Å². The summed E-state index contributed by atoms with van der Waals surface area (Å²) in [7, 11) is -3.32. The summed E-state index contributed by atoms with van der Waals surface area (Å²) in [6.45, 7) is 0.857. The van der Waals surface area contributed by atoms with Gasteiger partial charge in [-0.15, -0.1) is 0 Å². The van der Waals surface area contributed by atoms with Gasteiger partial charge in [0.05, 0.1) is 31.4 Å². The highest BCUT2D eigenvalue weighted by atomic mass is 32.2. The van der Waals surface area contributed by atoms with Crippen LogP contribution in [0.2, 0.25) is 0 Å². The molecule has 6 rings (SSSR count). The lowest BCUT2D eigenvalue weighted by atomic mass is 9.91. The third kappa shape index (κ3) is 6.03. The fourth-order valence-electron chi connectivity index (χ4n) is 6.22. The Balaban J connectivity index is 1.24. The lowest BCUT2D eigenvalue weighted by Crippen LogP contribution is -2.29. The number of rotatable bonds is 8. The zero-order chi connectivity index (χ0) is 30.5. The highest BCUT2D eigenvalue weighted by Crippen LogP contribution is 2.47. The number of hydrogen-bond donors (Lipinski definition) is 1. The van der Waals surface area contributed by atoms with E-state index in [1.54, 1.807) is 42.5 Å². The molecule has 43 heavy (non-hydrogen) atoms. The molecule has 3 aromatic rings. The van der Waals surface area contributed by atoms with Crippen molar-refractivity contribution in [1.29, 1.82) is 0 Å². The van der Waals surface area contributed by atoms with Crippen LogP contribution >= 0.6 is 0 Å². The van der Waals surface area contributed by atoms with Gasteiger partial charge < -0.3 is 19.3 Å². The average Bonchev–Trinajstić information content (AvgIpc) is 3.67. The van der Waals surface area contributed by atoms with Gasteiger partial charge in [-0.1, -0.05) is 24.3 Å². The number of alkyl halides is 3. The number of benzene rings is 3. The molecule has 2 aliphatic heterocycles. The molecule has 12 heteroatoms. The van der Waals surface area contributed by atoms with E-state index >= 15 is 0 Å². The van der Waals surface area contributed by atoms with Crippen molar-refractivity contribution in [2.75, 3.05) is 26.0 Å². The van der Waals surface area contributed by atoms with E-state index < -0.39 is 33.8 Å². The van der Waals surface area contributed by atoms with E-state index in [9.17, 15) is 26.4 Å². The Morgan fingerprint density at radius 3 is 2.42 bits per heavy atom. The fourth-order valence-corrected chi connectivity index (χ4v) is 7.09. The summed E-state index contributed by atoms with van der Waals surface area (Å²) in [4.78, 5) is 11.1. The third-order valence-corrected chi connectivity index (χ3v) is 9.51. The van der Waals surface area contributed by atoms with Crippen LogP contribution in [0, 0.1) is 0 Å². The molecule has 0 unspecified atom stereocenters. The van der Waals surface area contributed by atoms with E-state index in [4.69, 9.17) is 19.3 Å².